The van der Waals surface area contributed by atoms with Gasteiger partial charge in [-0.2, -0.15) is 0 Å². The number of hydrogen-bond donors (Lipinski definition) is 1. The van der Waals surface area contributed by atoms with E-state index < -0.39 is 0 Å². The number of hydrogen-bond acceptors (Lipinski definition) is 3. The van der Waals surface area contributed by atoms with Gasteiger partial charge in [0.25, 0.3) is 0 Å². The van der Waals surface area contributed by atoms with Crippen molar-refractivity contribution in [3.05, 3.63) is 17.8 Å². The van der Waals surface area contributed by atoms with Crippen molar-refractivity contribution in [2.75, 3.05) is 6.54 Å². The lowest BCUT2D eigenvalue weighted by Crippen LogP contribution is -2.14. The van der Waals surface area contributed by atoms with Crippen LogP contribution in [0.4, 0.5) is 0 Å². The van der Waals surface area contributed by atoms with E-state index in [1.807, 2.05) is 0 Å². The first-order valence-electron chi connectivity index (χ1n) is 5.04. The van der Waals surface area contributed by atoms with Crippen molar-refractivity contribution in [3.8, 4) is 0 Å². The van der Waals surface area contributed by atoms with Crippen LogP contribution in [-0.2, 0) is 6.54 Å². The molecule has 3 nitrogen and oxygen atoms in total. The predicted octanol–water partition coefficient (Wildman–Crippen LogP) is 2.05. The van der Waals surface area contributed by atoms with Gasteiger partial charge in [-0.1, -0.05) is 6.92 Å². The van der Waals surface area contributed by atoms with Crippen molar-refractivity contribution in [3.63, 3.8) is 0 Å². The zero-order valence-electron chi connectivity index (χ0n) is 8.05. The highest BCUT2D eigenvalue weighted by atomic mass is 16.3. The summed E-state index contributed by atoms with van der Waals surface area (Å²) in [6.07, 6.45) is 5.28. The van der Waals surface area contributed by atoms with E-state index in [2.05, 4.69) is 17.2 Å². The quantitative estimate of drug-likeness (QED) is 0.705. The fraction of sp³-hybridized carbons (Fsp3) is 0.700. The maximum Gasteiger partial charge on any atom is 0.181 e. The van der Waals surface area contributed by atoms with Gasteiger partial charge in [0.2, 0.25) is 0 Å². The third-order valence-electron chi connectivity index (χ3n) is 2.34. The van der Waals surface area contributed by atoms with Gasteiger partial charge < -0.3 is 9.73 Å². The minimum absolute atomic E-state index is 0.668. The molecule has 2 rings (SSSR count). The summed E-state index contributed by atoms with van der Waals surface area (Å²) in [6.45, 7) is 4.07. The van der Waals surface area contributed by atoms with Crippen LogP contribution < -0.4 is 5.32 Å². The standard InChI is InChI=1S/C10H16N2O/c1-2-5-11-6-9-10(8-3-4-8)13-7-12-9/h7-8,11H,2-6H2,1H3. The van der Waals surface area contributed by atoms with Crippen LogP contribution in [0.5, 0.6) is 0 Å². The van der Waals surface area contributed by atoms with Gasteiger partial charge in [0.1, 0.15) is 5.76 Å². The summed E-state index contributed by atoms with van der Waals surface area (Å²) in [7, 11) is 0. The van der Waals surface area contributed by atoms with Crippen LogP contribution >= 0.6 is 0 Å². The molecule has 1 aromatic heterocycles. The van der Waals surface area contributed by atoms with Crippen LogP contribution in [0.1, 0.15) is 43.6 Å². The van der Waals surface area contributed by atoms with Gasteiger partial charge >= 0.3 is 0 Å². The Bertz CT molecular complexity index is 266. The first-order chi connectivity index (χ1) is 6.42. The second-order valence-electron chi connectivity index (χ2n) is 3.61. The summed E-state index contributed by atoms with van der Waals surface area (Å²) < 4.78 is 5.37. The van der Waals surface area contributed by atoms with Gasteiger partial charge in [-0.25, -0.2) is 4.98 Å². The molecule has 0 aromatic carbocycles. The van der Waals surface area contributed by atoms with Gasteiger partial charge in [-0.15, -0.1) is 0 Å². The first-order valence-corrected chi connectivity index (χ1v) is 5.04. The average molecular weight is 180 g/mol. The molecule has 0 amide bonds. The molecule has 0 bridgehead atoms. The van der Waals surface area contributed by atoms with Crippen LogP contribution in [0.3, 0.4) is 0 Å². The summed E-state index contributed by atoms with van der Waals surface area (Å²) in [5.41, 5.74) is 1.11. The van der Waals surface area contributed by atoms with Crippen LogP contribution in [0.25, 0.3) is 0 Å². The molecule has 0 aliphatic heterocycles. The Kier molecular flexibility index (Phi) is 2.64. The van der Waals surface area contributed by atoms with Crippen LogP contribution in [0, 0.1) is 0 Å². The van der Waals surface area contributed by atoms with Crippen molar-refractivity contribution in [1.82, 2.24) is 10.3 Å². The maximum atomic E-state index is 5.37. The van der Waals surface area contributed by atoms with Crippen molar-refractivity contribution in [1.29, 1.82) is 0 Å². The Hall–Kier alpha value is -0.830. The van der Waals surface area contributed by atoms with Crippen LogP contribution in [-0.4, -0.2) is 11.5 Å². The summed E-state index contributed by atoms with van der Waals surface area (Å²) >= 11 is 0. The molecule has 1 aliphatic carbocycles. The number of nitrogens with one attached hydrogen (secondary N) is 1. The molecular formula is C10H16N2O. The Balaban J connectivity index is 1.90. The molecule has 1 heterocycles. The zero-order valence-corrected chi connectivity index (χ0v) is 8.05. The van der Waals surface area contributed by atoms with Crippen molar-refractivity contribution in [2.24, 2.45) is 0 Å². The van der Waals surface area contributed by atoms with Gasteiger partial charge in [-0.3, -0.25) is 0 Å². The second kappa shape index (κ2) is 3.92. The predicted molar refractivity (Wildman–Crippen MR) is 50.5 cm³/mol. The second-order valence-corrected chi connectivity index (χ2v) is 3.61. The largest absolute Gasteiger partial charge is 0.448 e. The van der Waals surface area contributed by atoms with Crippen LogP contribution in [0.2, 0.25) is 0 Å². The third kappa shape index (κ3) is 2.10. The minimum atomic E-state index is 0.668. The fourth-order valence-electron chi connectivity index (χ4n) is 1.47. The molecule has 0 radical (unpaired) electrons. The molecule has 1 aromatic rings. The summed E-state index contributed by atoms with van der Waals surface area (Å²) in [6, 6.07) is 0. The summed E-state index contributed by atoms with van der Waals surface area (Å²) in [5, 5.41) is 3.34. The summed E-state index contributed by atoms with van der Waals surface area (Å²) in [5.74, 6) is 1.78. The lowest BCUT2D eigenvalue weighted by molar-refractivity contribution is 0.500. The van der Waals surface area contributed by atoms with E-state index in [-0.39, 0.29) is 0 Å². The van der Waals surface area contributed by atoms with Crippen molar-refractivity contribution in [2.45, 2.75) is 38.6 Å². The third-order valence-corrected chi connectivity index (χ3v) is 2.34. The van der Waals surface area contributed by atoms with E-state index in [9.17, 15) is 0 Å². The molecular weight excluding hydrogens is 164 g/mol. The number of oxazole rings is 1. The lowest BCUT2D eigenvalue weighted by Gasteiger charge is -2.00. The molecule has 1 saturated carbocycles. The highest BCUT2D eigenvalue weighted by Gasteiger charge is 2.29. The molecule has 1 N–H and O–H groups in total. The SMILES string of the molecule is CCCNCc1ncoc1C1CC1. The minimum Gasteiger partial charge on any atom is -0.448 e. The Morgan fingerprint density at radius 1 is 1.62 bits per heavy atom. The lowest BCUT2D eigenvalue weighted by atomic mass is 10.2. The topological polar surface area (TPSA) is 38.1 Å². The summed E-state index contributed by atoms with van der Waals surface area (Å²) in [4.78, 5) is 4.22. The molecule has 72 valence electrons. The molecule has 1 fully saturated rings. The van der Waals surface area contributed by atoms with Crippen molar-refractivity contribution >= 4 is 0 Å². The number of rotatable bonds is 5. The normalized spacial score (nSPS) is 16.4. The molecule has 0 spiro atoms. The smallest absolute Gasteiger partial charge is 0.181 e. The highest BCUT2D eigenvalue weighted by molar-refractivity contribution is 5.17. The Morgan fingerprint density at radius 3 is 3.15 bits per heavy atom. The Morgan fingerprint density at radius 2 is 2.46 bits per heavy atom. The molecule has 3 heteroatoms. The first kappa shape index (κ1) is 8.75. The monoisotopic (exact) mass is 180 g/mol. The zero-order chi connectivity index (χ0) is 9.10. The van der Waals surface area contributed by atoms with Gasteiger partial charge in [0.05, 0.1) is 5.69 Å². The Labute approximate surface area is 78.5 Å². The molecule has 0 atom stereocenters. The van der Waals surface area contributed by atoms with Crippen molar-refractivity contribution < 1.29 is 4.42 Å². The number of nitrogens with zero attached hydrogens (tertiary/aromatic N) is 1. The van der Waals surface area contributed by atoms with Gasteiger partial charge in [-0.05, 0) is 25.8 Å². The number of aromatic nitrogens is 1. The molecule has 0 saturated heterocycles. The average Bonchev–Trinajstić information content (AvgIpc) is 2.88. The molecule has 1 aliphatic rings. The highest BCUT2D eigenvalue weighted by Crippen LogP contribution is 2.41. The van der Waals surface area contributed by atoms with Crippen LogP contribution in [0.15, 0.2) is 10.8 Å². The van der Waals surface area contributed by atoms with E-state index in [0.717, 1.165) is 31.0 Å². The maximum absolute atomic E-state index is 5.37. The van der Waals surface area contributed by atoms with E-state index in [4.69, 9.17) is 4.42 Å². The van der Waals surface area contributed by atoms with Gasteiger partial charge in [0.15, 0.2) is 6.39 Å². The molecule has 0 unspecified atom stereocenters. The molecule has 13 heavy (non-hydrogen) atoms. The van der Waals surface area contributed by atoms with E-state index in [1.54, 1.807) is 6.39 Å². The fourth-order valence-corrected chi connectivity index (χ4v) is 1.47. The van der Waals surface area contributed by atoms with E-state index in [1.165, 1.54) is 12.8 Å². The van der Waals surface area contributed by atoms with Gasteiger partial charge in [0, 0.05) is 12.5 Å². The van der Waals surface area contributed by atoms with E-state index in [0.29, 0.717) is 5.92 Å². The van der Waals surface area contributed by atoms with E-state index >= 15 is 0 Å².